The summed E-state index contributed by atoms with van der Waals surface area (Å²) in [6.45, 7) is 6.72. The Morgan fingerprint density at radius 3 is 2.50 bits per heavy atom. The van der Waals surface area contributed by atoms with E-state index in [0.717, 1.165) is 12.2 Å². The van der Waals surface area contributed by atoms with Gasteiger partial charge in [0.15, 0.2) is 0 Å². The molecule has 0 saturated carbocycles. The van der Waals surface area contributed by atoms with Crippen LogP contribution in [-0.2, 0) is 6.42 Å². The van der Waals surface area contributed by atoms with Crippen molar-refractivity contribution in [1.29, 1.82) is 0 Å². The van der Waals surface area contributed by atoms with Gasteiger partial charge in [-0.1, -0.05) is 57.9 Å². The monoisotopic (exact) mass is 270 g/mol. The van der Waals surface area contributed by atoms with Gasteiger partial charge in [0.25, 0.3) is 0 Å². The van der Waals surface area contributed by atoms with Crippen molar-refractivity contribution in [2.24, 2.45) is 0 Å². The van der Waals surface area contributed by atoms with Crippen molar-refractivity contribution in [2.45, 2.75) is 52.4 Å². The Bertz CT molecular complexity index is 528. The summed E-state index contributed by atoms with van der Waals surface area (Å²) in [5, 5.41) is 0. The third kappa shape index (κ3) is 3.15. The molecule has 1 nitrogen and oxygen atoms in total. The van der Waals surface area contributed by atoms with E-state index in [0.29, 0.717) is 5.92 Å². The Morgan fingerprint density at radius 1 is 1.05 bits per heavy atom. The summed E-state index contributed by atoms with van der Waals surface area (Å²) in [4.78, 5) is 0. The lowest BCUT2D eigenvalue weighted by Crippen LogP contribution is -1.89. The van der Waals surface area contributed by atoms with Gasteiger partial charge < -0.3 is 4.74 Å². The third-order valence-electron chi connectivity index (χ3n) is 4.01. The van der Waals surface area contributed by atoms with Crippen molar-refractivity contribution in [3.05, 3.63) is 41.5 Å². The summed E-state index contributed by atoms with van der Waals surface area (Å²) in [7, 11) is 1.77. The van der Waals surface area contributed by atoms with Gasteiger partial charge in [-0.25, -0.2) is 0 Å². The van der Waals surface area contributed by atoms with Crippen molar-refractivity contribution in [3.63, 3.8) is 0 Å². The number of methoxy groups -OCH3 is 1. The number of rotatable bonds is 6. The van der Waals surface area contributed by atoms with Crippen LogP contribution in [-0.4, -0.2) is 7.11 Å². The van der Waals surface area contributed by atoms with Crippen molar-refractivity contribution < 1.29 is 4.74 Å². The van der Waals surface area contributed by atoms with Crippen LogP contribution in [0.5, 0.6) is 5.75 Å². The fourth-order valence-corrected chi connectivity index (χ4v) is 2.75. The molecular formula is C19H26O. The van der Waals surface area contributed by atoms with Crippen LogP contribution < -0.4 is 4.74 Å². The van der Waals surface area contributed by atoms with Gasteiger partial charge in [0, 0.05) is 5.56 Å². The first kappa shape index (κ1) is 14.9. The maximum Gasteiger partial charge on any atom is 0.126 e. The normalized spacial score (nSPS) is 11.2. The molecule has 0 heterocycles. The molecule has 20 heavy (non-hydrogen) atoms. The highest BCUT2D eigenvalue weighted by atomic mass is 16.5. The summed E-state index contributed by atoms with van der Waals surface area (Å²) in [6.07, 6.45) is 4.97. The first-order chi connectivity index (χ1) is 9.67. The largest absolute Gasteiger partial charge is 0.496 e. The Morgan fingerprint density at radius 2 is 1.85 bits per heavy atom. The molecule has 0 saturated heterocycles. The number of aryl methyl sites for hydroxylation is 1. The van der Waals surface area contributed by atoms with Gasteiger partial charge in [0.1, 0.15) is 5.75 Å². The number of fused-ring (bicyclic) bond motifs is 1. The van der Waals surface area contributed by atoms with E-state index in [1.165, 1.54) is 41.5 Å². The quantitative estimate of drug-likeness (QED) is 0.616. The van der Waals surface area contributed by atoms with Crippen LogP contribution in [0.2, 0.25) is 0 Å². The smallest absolute Gasteiger partial charge is 0.126 e. The maximum absolute atomic E-state index is 5.63. The predicted molar refractivity (Wildman–Crippen MR) is 86.9 cm³/mol. The molecule has 1 heteroatoms. The predicted octanol–water partition coefficient (Wildman–Crippen LogP) is 5.66. The molecule has 0 aromatic rings. The average Bonchev–Trinajstić information content (AvgIpc) is 2.71. The van der Waals surface area contributed by atoms with Gasteiger partial charge >= 0.3 is 0 Å². The van der Waals surface area contributed by atoms with E-state index in [4.69, 9.17) is 4.74 Å². The molecule has 2 aliphatic rings. The summed E-state index contributed by atoms with van der Waals surface area (Å²) in [6, 6.07) is 11.1. The van der Waals surface area contributed by atoms with Gasteiger partial charge in [-0.05, 0) is 41.5 Å². The van der Waals surface area contributed by atoms with Gasteiger partial charge in [-0.2, -0.15) is 0 Å². The zero-order valence-corrected chi connectivity index (χ0v) is 13.2. The summed E-state index contributed by atoms with van der Waals surface area (Å²) in [5.74, 6) is 1.54. The second-order valence-electron chi connectivity index (χ2n) is 5.85. The minimum Gasteiger partial charge on any atom is -0.496 e. The minimum absolute atomic E-state index is 0.536. The van der Waals surface area contributed by atoms with Crippen LogP contribution in [0.3, 0.4) is 0 Å². The number of unbranched alkanes of at least 4 members (excludes halogenated alkanes) is 2. The molecule has 108 valence electrons. The summed E-state index contributed by atoms with van der Waals surface area (Å²) >= 11 is 0. The average molecular weight is 270 g/mol. The van der Waals surface area contributed by atoms with E-state index in [2.05, 4.69) is 51.1 Å². The molecule has 0 aromatic heterocycles. The lowest BCUT2D eigenvalue weighted by molar-refractivity contribution is 0.416. The van der Waals surface area contributed by atoms with E-state index in [9.17, 15) is 0 Å². The summed E-state index contributed by atoms with van der Waals surface area (Å²) in [5.41, 5.74) is 5.40. The molecule has 0 unspecified atom stereocenters. The molecule has 0 fully saturated rings. The molecule has 2 rings (SSSR count). The molecule has 0 radical (unpaired) electrons. The highest BCUT2D eigenvalue weighted by Crippen LogP contribution is 2.38. The SMILES string of the molecule is CCCCCc1ccc2cc(C(C)C)ccc(OC)c1-2. The van der Waals surface area contributed by atoms with Gasteiger partial charge in [-0.3, -0.25) is 0 Å². The molecule has 0 atom stereocenters. The van der Waals surface area contributed by atoms with E-state index in [1.54, 1.807) is 7.11 Å². The van der Waals surface area contributed by atoms with E-state index < -0.39 is 0 Å². The zero-order valence-electron chi connectivity index (χ0n) is 13.2. The lowest BCUT2D eigenvalue weighted by Gasteiger charge is -2.07. The second kappa shape index (κ2) is 6.78. The Kier molecular flexibility index (Phi) is 5.05. The van der Waals surface area contributed by atoms with Crippen molar-refractivity contribution in [1.82, 2.24) is 0 Å². The molecule has 0 aliphatic heterocycles. The van der Waals surface area contributed by atoms with Crippen LogP contribution >= 0.6 is 0 Å². The lowest BCUT2D eigenvalue weighted by atomic mass is 10.0. The van der Waals surface area contributed by atoms with Crippen LogP contribution in [0.4, 0.5) is 0 Å². The molecule has 0 bridgehead atoms. The van der Waals surface area contributed by atoms with E-state index >= 15 is 0 Å². The van der Waals surface area contributed by atoms with E-state index in [-0.39, 0.29) is 0 Å². The Labute approximate surface area is 123 Å². The molecule has 0 amide bonds. The maximum atomic E-state index is 5.63. The Hall–Kier alpha value is -1.50. The number of hydrogen-bond donors (Lipinski definition) is 0. The van der Waals surface area contributed by atoms with Crippen molar-refractivity contribution >= 4 is 0 Å². The minimum atomic E-state index is 0.536. The first-order valence-corrected chi connectivity index (χ1v) is 7.77. The highest BCUT2D eigenvalue weighted by molar-refractivity contribution is 5.77. The van der Waals surface area contributed by atoms with Crippen LogP contribution in [0, 0.1) is 0 Å². The van der Waals surface area contributed by atoms with E-state index in [1.807, 2.05) is 0 Å². The fraction of sp³-hybridized carbons (Fsp3) is 0.474. The zero-order chi connectivity index (χ0) is 14.5. The fourth-order valence-electron chi connectivity index (χ4n) is 2.75. The first-order valence-electron chi connectivity index (χ1n) is 7.77. The van der Waals surface area contributed by atoms with Crippen molar-refractivity contribution in [3.8, 4) is 16.9 Å². The number of ether oxygens (including phenoxy) is 1. The van der Waals surface area contributed by atoms with Gasteiger partial charge in [-0.15, -0.1) is 0 Å². The Balaban J connectivity index is 2.41. The summed E-state index contributed by atoms with van der Waals surface area (Å²) < 4.78 is 5.63. The van der Waals surface area contributed by atoms with Crippen LogP contribution in [0.1, 0.15) is 57.1 Å². The van der Waals surface area contributed by atoms with Crippen LogP contribution in [0.25, 0.3) is 11.1 Å². The topological polar surface area (TPSA) is 9.23 Å². The molecular weight excluding hydrogens is 244 g/mol. The number of hydrogen-bond acceptors (Lipinski definition) is 1. The molecule has 0 aromatic carbocycles. The third-order valence-corrected chi connectivity index (χ3v) is 4.01. The standard InChI is InChI=1S/C19H26O/c1-5-6-7-8-15-9-10-17-13-16(14(2)3)11-12-18(20-4)19(15)17/h9-14H,5-8H2,1-4H3. The molecule has 2 aliphatic carbocycles. The second-order valence-corrected chi connectivity index (χ2v) is 5.85. The van der Waals surface area contributed by atoms with Crippen molar-refractivity contribution in [2.75, 3.05) is 7.11 Å². The van der Waals surface area contributed by atoms with Crippen LogP contribution in [0.15, 0.2) is 30.3 Å². The molecule has 0 spiro atoms. The van der Waals surface area contributed by atoms with Gasteiger partial charge in [0.2, 0.25) is 0 Å². The van der Waals surface area contributed by atoms with Gasteiger partial charge in [0.05, 0.1) is 7.11 Å². The highest BCUT2D eigenvalue weighted by Gasteiger charge is 2.15. The molecule has 0 N–H and O–H groups in total.